The molecule has 146 valence electrons. The van der Waals surface area contributed by atoms with E-state index in [1.807, 2.05) is 76.9 Å². The zero-order valence-corrected chi connectivity index (χ0v) is 16.9. The third-order valence-corrected chi connectivity index (χ3v) is 4.15. The Hall–Kier alpha value is -1.88. The Balaban J connectivity index is 2.89. The molecule has 1 rings (SSSR count). The van der Waals surface area contributed by atoms with E-state index < -0.39 is 17.6 Å². The minimum Gasteiger partial charge on any atom is -0.480 e. The maximum absolute atomic E-state index is 12.3. The normalized spacial score (nSPS) is 14.3. The predicted molar refractivity (Wildman–Crippen MR) is 103 cm³/mol. The van der Waals surface area contributed by atoms with Gasteiger partial charge in [-0.25, -0.2) is 0 Å². The van der Waals surface area contributed by atoms with E-state index in [0.717, 1.165) is 5.56 Å². The van der Waals surface area contributed by atoms with Crippen LogP contribution in [-0.2, 0) is 20.7 Å². The summed E-state index contributed by atoms with van der Waals surface area (Å²) in [5, 5.41) is 9.52. The van der Waals surface area contributed by atoms with Gasteiger partial charge in [0.15, 0.2) is 0 Å². The third-order valence-electron chi connectivity index (χ3n) is 4.15. The highest BCUT2D eigenvalue weighted by Gasteiger charge is 2.29. The summed E-state index contributed by atoms with van der Waals surface area (Å²) in [5.41, 5.74) is 0.604. The van der Waals surface area contributed by atoms with Gasteiger partial charge in [0.2, 0.25) is 0 Å². The number of ether oxygens (including phenoxy) is 1. The molecule has 26 heavy (non-hydrogen) atoms. The lowest BCUT2D eigenvalue weighted by atomic mass is 9.94. The maximum Gasteiger partial charge on any atom is 0.321 e. The molecule has 0 aliphatic carbocycles. The van der Waals surface area contributed by atoms with Crippen molar-refractivity contribution in [3.63, 3.8) is 0 Å². The van der Waals surface area contributed by atoms with Crippen molar-refractivity contribution in [2.45, 2.75) is 59.1 Å². The van der Waals surface area contributed by atoms with Gasteiger partial charge < -0.3 is 9.84 Å². The van der Waals surface area contributed by atoms with Crippen molar-refractivity contribution in [2.24, 2.45) is 11.8 Å². The average Bonchev–Trinajstić information content (AvgIpc) is 2.44. The molecule has 0 unspecified atom stereocenters. The van der Waals surface area contributed by atoms with Gasteiger partial charge in [-0.3, -0.25) is 14.5 Å². The van der Waals surface area contributed by atoms with Gasteiger partial charge >= 0.3 is 11.9 Å². The fourth-order valence-corrected chi connectivity index (χ4v) is 3.27. The number of hydrogen-bond donors (Lipinski definition) is 1. The molecule has 0 spiro atoms. The lowest BCUT2D eigenvalue weighted by molar-refractivity contribution is -0.156. The number of carboxylic acids is 1. The second-order valence-electron chi connectivity index (χ2n) is 8.31. The zero-order chi connectivity index (χ0) is 19.9. The quantitative estimate of drug-likeness (QED) is 0.679. The van der Waals surface area contributed by atoms with Crippen molar-refractivity contribution >= 4 is 11.9 Å². The highest BCUT2D eigenvalue weighted by atomic mass is 16.6. The average molecular weight is 363 g/mol. The third kappa shape index (κ3) is 8.00. The fourth-order valence-electron chi connectivity index (χ4n) is 3.27. The van der Waals surface area contributed by atoms with Crippen molar-refractivity contribution < 1.29 is 19.4 Å². The molecule has 0 bridgehead atoms. The lowest BCUT2D eigenvalue weighted by Crippen LogP contribution is -2.45. The van der Waals surface area contributed by atoms with Gasteiger partial charge in [0.1, 0.15) is 11.6 Å². The van der Waals surface area contributed by atoms with E-state index in [1.165, 1.54) is 0 Å². The number of nitrogens with zero attached hydrogens (tertiary/aromatic N) is 1. The topological polar surface area (TPSA) is 66.8 Å². The number of likely N-dealkylation sites (N-methyl/N-ethyl adjacent to an activating group) is 1. The minimum absolute atomic E-state index is 0.0159. The Morgan fingerprint density at radius 3 is 2.19 bits per heavy atom. The molecule has 1 N–H and O–H groups in total. The number of carboxylic acid groups (broad SMARTS) is 1. The van der Waals surface area contributed by atoms with Crippen molar-refractivity contribution in [3.8, 4) is 0 Å². The van der Waals surface area contributed by atoms with E-state index in [-0.39, 0.29) is 24.2 Å². The highest BCUT2D eigenvalue weighted by molar-refractivity contribution is 5.73. The molecule has 0 saturated carbocycles. The SMILES string of the molecule is CC(C)[C@@H](C(=O)O)N(C)C[C@@H](CC(=O)OC(C)(C)C)Cc1ccccc1. The molecule has 5 nitrogen and oxygen atoms in total. The summed E-state index contributed by atoms with van der Waals surface area (Å²) < 4.78 is 5.47. The molecule has 1 aromatic rings. The summed E-state index contributed by atoms with van der Waals surface area (Å²) in [6, 6.07) is 9.37. The highest BCUT2D eigenvalue weighted by Crippen LogP contribution is 2.20. The van der Waals surface area contributed by atoms with Crippen LogP contribution in [0, 0.1) is 11.8 Å². The van der Waals surface area contributed by atoms with Gasteiger partial charge in [-0.2, -0.15) is 0 Å². The van der Waals surface area contributed by atoms with Gasteiger partial charge in [-0.05, 0) is 51.6 Å². The number of rotatable bonds is 9. The first kappa shape index (κ1) is 22.2. The zero-order valence-electron chi connectivity index (χ0n) is 16.9. The molecule has 0 amide bonds. The Kier molecular flexibility index (Phi) is 8.28. The Bertz CT molecular complexity index is 577. The van der Waals surface area contributed by atoms with E-state index in [4.69, 9.17) is 4.74 Å². The standard InChI is InChI=1S/C21H33NO4/c1-15(2)19(20(24)25)22(6)14-17(12-16-10-8-7-9-11-16)13-18(23)26-21(3,4)5/h7-11,15,17,19H,12-14H2,1-6H3,(H,24,25)/t17-,19+/m1/s1. The summed E-state index contributed by atoms with van der Waals surface area (Å²) >= 11 is 0. The Labute approximate surface area is 157 Å². The molecule has 0 saturated heterocycles. The van der Waals surface area contributed by atoms with Gasteiger partial charge in [0.05, 0.1) is 0 Å². The van der Waals surface area contributed by atoms with E-state index in [2.05, 4.69) is 0 Å². The van der Waals surface area contributed by atoms with Crippen molar-refractivity contribution in [1.29, 1.82) is 0 Å². The van der Waals surface area contributed by atoms with Crippen molar-refractivity contribution in [3.05, 3.63) is 35.9 Å². The van der Waals surface area contributed by atoms with Crippen LogP contribution in [-0.4, -0.2) is 47.2 Å². The van der Waals surface area contributed by atoms with E-state index >= 15 is 0 Å². The van der Waals surface area contributed by atoms with Gasteiger partial charge in [-0.15, -0.1) is 0 Å². The predicted octanol–water partition coefficient (Wildman–Crippen LogP) is 3.62. The molecular formula is C21H33NO4. The molecule has 0 aliphatic heterocycles. The molecule has 0 heterocycles. The summed E-state index contributed by atoms with van der Waals surface area (Å²) in [6.45, 7) is 9.86. The van der Waals surface area contributed by atoms with Crippen LogP contribution in [0.2, 0.25) is 0 Å². The van der Waals surface area contributed by atoms with Gasteiger partial charge in [-0.1, -0.05) is 44.2 Å². The van der Waals surface area contributed by atoms with Crippen molar-refractivity contribution in [1.82, 2.24) is 4.90 Å². The van der Waals surface area contributed by atoms with Crippen LogP contribution in [0.15, 0.2) is 30.3 Å². The van der Waals surface area contributed by atoms with Gasteiger partial charge in [0.25, 0.3) is 0 Å². The number of carbonyl (C=O) groups is 2. The summed E-state index contributed by atoms with van der Waals surface area (Å²) in [4.78, 5) is 25.8. The number of benzene rings is 1. The molecule has 1 aromatic carbocycles. The summed E-state index contributed by atoms with van der Waals surface area (Å²) in [5.74, 6) is -1.12. The summed E-state index contributed by atoms with van der Waals surface area (Å²) in [7, 11) is 1.81. The van der Waals surface area contributed by atoms with Crippen LogP contribution in [0.25, 0.3) is 0 Å². The number of hydrogen-bond acceptors (Lipinski definition) is 4. The lowest BCUT2D eigenvalue weighted by Gasteiger charge is -2.31. The van der Waals surface area contributed by atoms with Gasteiger partial charge in [0, 0.05) is 13.0 Å². The number of esters is 1. The van der Waals surface area contributed by atoms with Crippen LogP contribution in [0.4, 0.5) is 0 Å². The second kappa shape index (κ2) is 9.72. The minimum atomic E-state index is -0.835. The Morgan fingerprint density at radius 1 is 1.15 bits per heavy atom. The van der Waals surface area contributed by atoms with Crippen LogP contribution >= 0.6 is 0 Å². The largest absolute Gasteiger partial charge is 0.480 e. The first-order valence-corrected chi connectivity index (χ1v) is 9.18. The first-order chi connectivity index (χ1) is 12.0. The maximum atomic E-state index is 12.3. The van der Waals surface area contributed by atoms with Crippen molar-refractivity contribution in [2.75, 3.05) is 13.6 Å². The fraction of sp³-hybridized carbons (Fsp3) is 0.619. The van der Waals surface area contributed by atoms with E-state index in [9.17, 15) is 14.7 Å². The second-order valence-corrected chi connectivity index (χ2v) is 8.31. The first-order valence-electron chi connectivity index (χ1n) is 9.18. The van der Waals surface area contributed by atoms with Crippen LogP contribution in [0.3, 0.4) is 0 Å². The molecule has 0 fully saturated rings. The molecule has 0 aliphatic rings. The molecule has 0 aromatic heterocycles. The molecule has 5 heteroatoms. The number of aliphatic carboxylic acids is 1. The smallest absolute Gasteiger partial charge is 0.321 e. The molecular weight excluding hydrogens is 330 g/mol. The van der Waals surface area contributed by atoms with Crippen LogP contribution < -0.4 is 0 Å². The van der Waals surface area contributed by atoms with E-state index in [0.29, 0.717) is 13.0 Å². The number of carbonyl (C=O) groups excluding carboxylic acids is 1. The van der Waals surface area contributed by atoms with Crippen LogP contribution in [0.1, 0.15) is 46.6 Å². The molecule has 2 atom stereocenters. The molecule has 0 radical (unpaired) electrons. The summed E-state index contributed by atoms with van der Waals surface area (Å²) in [6.07, 6.45) is 0.968. The monoisotopic (exact) mass is 363 g/mol. The Morgan fingerprint density at radius 2 is 1.73 bits per heavy atom. The van der Waals surface area contributed by atoms with E-state index in [1.54, 1.807) is 0 Å². The van der Waals surface area contributed by atoms with Crippen LogP contribution in [0.5, 0.6) is 0 Å².